The first-order valence-electron chi connectivity index (χ1n) is 9.47. The Kier molecular flexibility index (Phi) is 5.21. The first kappa shape index (κ1) is 18.4. The van der Waals surface area contributed by atoms with Crippen molar-refractivity contribution in [2.24, 2.45) is 0 Å². The highest BCUT2D eigenvalue weighted by Crippen LogP contribution is 2.24. The number of hydrogen-bond donors (Lipinski definition) is 2. The van der Waals surface area contributed by atoms with Gasteiger partial charge in [-0.15, -0.1) is 0 Å². The molecule has 1 atom stereocenters. The summed E-state index contributed by atoms with van der Waals surface area (Å²) in [6, 6.07) is 9.39. The monoisotopic (exact) mass is 381 g/mol. The largest absolute Gasteiger partial charge is 0.378 e. The molecule has 2 amide bonds. The van der Waals surface area contributed by atoms with Gasteiger partial charge in [0.15, 0.2) is 5.82 Å². The van der Waals surface area contributed by atoms with Gasteiger partial charge in [0.25, 0.3) is 0 Å². The molecule has 0 spiro atoms. The van der Waals surface area contributed by atoms with Crippen molar-refractivity contribution in [3.63, 3.8) is 0 Å². The van der Waals surface area contributed by atoms with Crippen LogP contribution in [0.15, 0.2) is 30.3 Å². The summed E-state index contributed by atoms with van der Waals surface area (Å²) in [6.07, 6.45) is 0.761. The minimum absolute atomic E-state index is 0.236. The van der Waals surface area contributed by atoms with E-state index in [1.54, 1.807) is 0 Å². The second-order valence-electron chi connectivity index (χ2n) is 7.05. The van der Waals surface area contributed by atoms with Crippen molar-refractivity contribution in [3.05, 3.63) is 35.9 Å². The van der Waals surface area contributed by atoms with Crippen LogP contribution in [0.1, 0.15) is 18.4 Å². The molecule has 146 valence electrons. The van der Waals surface area contributed by atoms with E-state index in [0.29, 0.717) is 37.7 Å². The summed E-state index contributed by atoms with van der Waals surface area (Å²) in [4.78, 5) is 35.0. The zero-order chi connectivity index (χ0) is 19.5. The lowest BCUT2D eigenvalue weighted by Crippen LogP contribution is -2.47. The van der Waals surface area contributed by atoms with Gasteiger partial charge in [0.05, 0.1) is 13.2 Å². The number of rotatable bonds is 4. The third kappa shape index (κ3) is 4.12. The van der Waals surface area contributed by atoms with E-state index in [1.807, 2.05) is 37.3 Å². The molecule has 2 aliphatic heterocycles. The van der Waals surface area contributed by atoms with E-state index in [0.717, 1.165) is 30.0 Å². The highest BCUT2D eigenvalue weighted by Gasteiger charge is 2.27. The fraction of sp³-hybridized carbons (Fsp3) is 0.400. The van der Waals surface area contributed by atoms with Crippen LogP contribution >= 0.6 is 0 Å². The minimum atomic E-state index is -0.490. The Morgan fingerprint density at radius 3 is 2.61 bits per heavy atom. The molecule has 2 aromatic rings. The Morgan fingerprint density at radius 1 is 1.14 bits per heavy atom. The normalized spacial score (nSPS) is 20.0. The highest BCUT2D eigenvalue weighted by molar-refractivity contribution is 6.01. The summed E-state index contributed by atoms with van der Waals surface area (Å²) < 4.78 is 5.44. The smallest absolute Gasteiger partial charge is 0.249 e. The van der Waals surface area contributed by atoms with Gasteiger partial charge in [0.1, 0.15) is 17.7 Å². The van der Waals surface area contributed by atoms with Gasteiger partial charge in [-0.25, -0.2) is 9.97 Å². The average Bonchev–Trinajstić information content (AvgIpc) is 2.71. The quantitative estimate of drug-likeness (QED) is 0.775. The predicted octanol–water partition coefficient (Wildman–Crippen LogP) is 1.51. The molecule has 3 heterocycles. The number of nitrogens with one attached hydrogen (secondary N) is 2. The van der Waals surface area contributed by atoms with Gasteiger partial charge in [-0.05, 0) is 13.3 Å². The Morgan fingerprint density at radius 2 is 1.89 bits per heavy atom. The summed E-state index contributed by atoms with van der Waals surface area (Å²) in [5.74, 6) is 1.41. The van der Waals surface area contributed by atoms with E-state index in [2.05, 4.69) is 20.5 Å². The molecule has 8 nitrogen and oxygen atoms in total. The Hall–Kier alpha value is -3.00. The van der Waals surface area contributed by atoms with Crippen LogP contribution in [-0.2, 0) is 14.3 Å². The number of aryl methyl sites for hydroxylation is 1. The summed E-state index contributed by atoms with van der Waals surface area (Å²) in [6.45, 7) is 4.84. The maximum atomic E-state index is 12.1. The summed E-state index contributed by atoms with van der Waals surface area (Å²) in [7, 11) is 0. The number of morpholine rings is 1. The Bertz CT molecular complexity index is 878. The number of ether oxygens (including phenoxy) is 1. The van der Waals surface area contributed by atoms with Crippen LogP contribution in [0.5, 0.6) is 0 Å². The molecule has 2 fully saturated rings. The number of carbonyl (C=O) groups is 2. The fourth-order valence-electron chi connectivity index (χ4n) is 3.30. The molecule has 2 aliphatic rings. The van der Waals surface area contributed by atoms with Gasteiger partial charge in [-0.2, -0.15) is 0 Å². The molecule has 0 radical (unpaired) electrons. The van der Waals surface area contributed by atoms with Gasteiger partial charge in [-0.1, -0.05) is 29.8 Å². The third-order valence-electron chi connectivity index (χ3n) is 4.92. The van der Waals surface area contributed by atoms with E-state index in [4.69, 9.17) is 9.72 Å². The maximum Gasteiger partial charge on any atom is 0.249 e. The van der Waals surface area contributed by atoms with Gasteiger partial charge < -0.3 is 15.0 Å². The lowest BCUT2D eigenvalue weighted by molar-refractivity contribution is -0.133. The highest BCUT2D eigenvalue weighted by atomic mass is 16.5. The molecule has 8 heteroatoms. The SMILES string of the molecule is Cc1ccc(-c2nc(NC3CCC(=O)NC3=O)cc(N3CCOCC3)n2)cc1. The van der Waals surface area contributed by atoms with Gasteiger partial charge in [0.2, 0.25) is 11.8 Å². The molecule has 1 aromatic heterocycles. The number of benzene rings is 1. The molecule has 2 N–H and O–H groups in total. The predicted molar refractivity (Wildman–Crippen MR) is 105 cm³/mol. The number of carbonyl (C=O) groups excluding carboxylic acids is 2. The van der Waals surface area contributed by atoms with Crippen molar-refractivity contribution in [1.29, 1.82) is 0 Å². The molecular formula is C20H23N5O3. The molecule has 0 saturated carbocycles. The van der Waals surface area contributed by atoms with Gasteiger partial charge >= 0.3 is 0 Å². The summed E-state index contributed by atoms with van der Waals surface area (Å²) in [5, 5.41) is 5.55. The first-order chi connectivity index (χ1) is 13.6. The fourth-order valence-corrected chi connectivity index (χ4v) is 3.30. The molecular weight excluding hydrogens is 358 g/mol. The van der Waals surface area contributed by atoms with Crippen LogP contribution in [0, 0.1) is 6.92 Å². The van der Waals surface area contributed by atoms with E-state index >= 15 is 0 Å². The van der Waals surface area contributed by atoms with Crippen LogP contribution in [0.3, 0.4) is 0 Å². The number of hydrogen-bond acceptors (Lipinski definition) is 7. The van der Waals surface area contributed by atoms with E-state index in [9.17, 15) is 9.59 Å². The summed E-state index contributed by atoms with van der Waals surface area (Å²) >= 11 is 0. The third-order valence-corrected chi connectivity index (χ3v) is 4.92. The number of nitrogens with zero attached hydrogens (tertiary/aromatic N) is 3. The van der Waals surface area contributed by atoms with Crippen molar-refractivity contribution >= 4 is 23.5 Å². The topological polar surface area (TPSA) is 96.5 Å². The van der Waals surface area contributed by atoms with Gasteiger partial charge in [0, 0.05) is 31.1 Å². The van der Waals surface area contributed by atoms with E-state index in [1.165, 1.54) is 0 Å². The van der Waals surface area contributed by atoms with Crippen molar-refractivity contribution in [2.75, 3.05) is 36.5 Å². The van der Waals surface area contributed by atoms with Crippen molar-refractivity contribution < 1.29 is 14.3 Å². The van der Waals surface area contributed by atoms with Crippen LogP contribution in [-0.4, -0.2) is 54.1 Å². The second kappa shape index (κ2) is 7.93. The molecule has 2 saturated heterocycles. The minimum Gasteiger partial charge on any atom is -0.378 e. The zero-order valence-electron chi connectivity index (χ0n) is 15.8. The lowest BCUT2D eigenvalue weighted by Gasteiger charge is -2.29. The lowest BCUT2D eigenvalue weighted by atomic mass is 10.1. The molecule has 4 rings (SSSR count). The average molecular weight is 381 g/mol. The Labute approximate surface area is 163 Å². The number of amides is 2. The van der Waals surface area contributed by atoms with Gasteiger partial charge in [-0.3, -0.25) is 14.9 Å². The molecule has 0 bridgehead atoms. The van der Waals surface area contributed by atoms with Crippen LogP contribution in [0.2, 0.25) is 0 Å². The van der Waals surface area contributed by atoms with Crippen molar-refractivity contribution in [3.8, 4) is 11.4 Å². The zero-order valence-corrected chi connectivity index (χ0v) is 15.8. The summed E-state index contributed by atoms with van der Waals surface area (Å²) in [5.41, 5.74) is 2.07. The number of imide groups is 1. The molecule has 1 unspecified atom stereocenters. The standard InChI is InChI=1S/C20H23N5O3/c1-13-2-4-14(5-3-13)19-22-16(21-15-6-7-18(26)24-20(15)27)12-17(23-19)25-8-10-28-11-9-25/h2-5,12,15H,6-11H2,1H3,(H,21,22,23)(H,24,26,27). The first-order valence-corrected chi connectivity index (χ1v) is 9.47. The van der Waals surface area contributed by atoms with Crippen molar-refractivity contribution in [2.45, 2.75) is 25.8 Å². The second-order valence-corrected chi connectivity index (χ2v) is 7.05. The van der Waals surface area contributed by atoms with Crippen LogP contribution < -0.4 is 15.5 Å². The van der Waals surface area contributed by atoms with Crippen LogP contribution in [0.4, 0.5) is 11.6 Å². The molecule has 1 aromatic carbocycles. The van der Waals surface area contributed by atoms with E-state index in [-0.39, 0.29) is 11.8 Å². The number of piperidine rings is 1. The number of anilines is 2. The Balaban J connectivity index is 1.66. The number of aromatic nitrogens is 2. The van der Waals surface area contributed by atoms with Crippen molar-refractivity contribution in [1.82, 2.24) is 15.3 Å². The maximum absolute atomic E-state index is 12.1. The molecule has 28 heavy (non-hydrogen) atoms. The van der Waals surface area contributed by atoms with E-state index < -0.39 is 6.04 Å². The van der Waals surface area contributed by atoms with Crippen LogP contribution in [0.25, 0.3) is 11.4 Å². The molecule has 0 aliphatic carbocycles.